The Balaban J connectivity index is 1.87. The molecule has 1 aliphatic carbocycles. The van der Waals surface area contributed by atoms with E-state index in [-0.39, 0.29) is 17.1 Å². The van der Waals surface area contributed by atoms with Gasteiger partial charge in [0.1, 0.15) is 11.8 Å². The molecule has 0 radical (unpaired) electrons. The van der Waals surface area contributed by atoms with Crippen molar-refractivity contribution in [2.75, 3.05) is 7.11 Å². The van der Waals surface area contributed by atoms with Crippen molar-refractivity contribution >= 4 is 22.1 Å². The SMILES string of the molecule is COC(=O)C(NS(=O)(=O)C1=Cc2ccc(OC(F)F)cc2CC1)c1ccccc1. The molecule has 0 spiro atoms. The van der Waals surface area contributed by atoms with Crippen molar-refractivity contribution in [2.24, 2.45) is 0 Å². The van der Waals surface area contributed by atoms with Crippen LogP contribution < -0.4 is 9.46 Å². The molecule has 1 atom stereocenters. The standard InChI is InChI=1S/C20H19F2NO5S/c1-27-19(24)18(13-5-3-2-4-6-13)23-29(25,26)17-10-8-14-11-16(28-20(21)22)9-7-15(14)12-17/h2-7,9,11-12,18,20,23H,8,10H2,1H3. The van der Waals surface area contributed by atoms with Gasteiger partial charge < -0.3 is 9.47 Å². The summed E-state index contributed by atoms with van der Waals surface area (Å²) in [5.74, 6) is -0.711. The molecule has 0 aliphatic heterocycles. The maximum Gasteiger partial charge on any atom is 0.387 e. The zero-order chi connectivity index (χ0) is 21.0. The highest BCUT2D eigenvalue weighted by Crippen LogP contribution is 2.31. The van der Waals surface area contributed by atoms with Gasteiger partial charge in [0, 0.05) is 0 Å². The van der Waals surface area contributed by atoms with Gasteiger partial charge in [0.25, 0.3) is 0 Å². The number of ether oxygens (including phenoxy) is 2. The topological polar surface area (TPSA) is 81.7 Å². The average molecular weight is 423 g/mol. The van der Waals surface area contributed by atoms with Crippen molar-refractivity contribution in [1.82, 2.24) is 4.72 Å². The van der Waals surface area contributed by atoms with Gasteiger partial charge in [0.2, 0.25) is 10.0 Å². The predicted molar refractivity (Wildman–Crippen MR) is 103 cm³/mol. The van der Waals surface area contributed by atoms with Crippen LogP contribution in [0.15, 0.2) is 53.4 Å². The first-order valence-corrected chi connectivity index (χ1v) is 10.2. The number of carbonyl (C=O) groups excluding carboxylic acids is 1. The molecule has 2 aromatic rings. The van der Waals surface area contributed by atoms with Crippen molar-refractivity contribution in [2.45, 2.75) is 25.5 Å². The molecule has 3 rings (SSSR count). The molecule has 1 N–H and O–H groups in total. The quantitative estimate of drug-likeness (QED) is 0.691. The first-order valence-electron chi connectivity index (χ1n) is 8.73. The minimum Gasteiger partial charge on any atom is -0.468 e. The lowest BCUT2D eigenvalue weighted by Crippen LogP contribution is -2.35. The van der Waals surface area contributed by atoms with E-state index >= 15 is 0 Å². The largest absolute Gasteiger partial charge is 0.468 e. The summed E-state index contributed by atoms with van der Waals surface area (Å²) in [6.07, 6.45) is 1.95. The summed E-state index contributed by atoms with van der Waals surface area (Å²) in [5.41, 5.74) is 1.75. The molecule has 0 aromatic heterocycles. The van der Waals surface area contributed by atoms with Gasteiger partial charge in [0.15, 0.2) is 0 Å². The van der Waals surface area contributed by atoms with Crippen molar-refractivity contribution in [3.8, 4) is 5.75 Å². The number of sulfonamides is 1. The van der Waals surface area contributed by atoms with Gasteiger partial charge >= 0.3 is 12.6 Å². The Kier molecular flexibility index (Phi) is 6.29. The fraction of sp³-hybridized carbons (Fsp3) is 0.250. The molecule has 0 bridgehead atoms. The van der Waals surface area contributed by atoms with Gasteiger partial charge in [-0.2, -0.15) is 13.5 Å². The lowest BCUT2D eigenvalue weighted by molar-refractivity contribution is -0.142. The molecule has 6 nitrogen and oxygen atoms in total. The van der Waals surface area contributed by atoms with Crippen molar-refractivity contribution in [3.63, 3.8) is 0 Å². The summed E-state index contributed by atoms with van der Waals surface area (Å²) in [4.78, 5) is 12.2. The van der Waals surface area contributed by atoms with E-state index in [1.165, 1.54) is 31.4 Å². The lowest BCUT2D eigenvalue weighted by Gasteiger charge is -2.21. The number of aryl methyl sites for hydroxylation is 1. The summed E-state index contributed by atoms with van der Waals surface area (Å²) in [6, 6.07) is 11.5. The van der Waals surface area contributed by atoms with E-state index in [4.69, 9.17) is 4.74 Å². The molecule has 0 fully saturated rings. The Morgan fingerprint density at radius 3 is 2.48 bits per heavy atom. The monoisotopic (exact) mass is 423 g/mol. The molecule has 2 aromatic carbocycles. The number of hydrogen-bond acceptors (Lipinski definition) is 5. The fourth-order valence-corrected chi connectivity index (χ4v) is 4.42. The third kappa shape index (κ3) is 4.99. The molecule has 0 saturated carbocycles. The van der Waals surface area contributed by atoms with E-state index in [1.807, 2.05) is 0 Å². The Labute approximate surface area is 167 Å². The molecule has 1 aliphatic rings. The Morgan fingerprint density at radius 2 is 1.83 bits per heavy atom. The second-order valence-electron chi connectivity index (χ2n) is 6.34. The molecular formula is C20H19F2NO5S. The third-order valence-corrected chi connectivity index (χ3v) is 6.04. The Hall–Kier alpha value is -2.78. The highest BCUT2D eigenvalue weighted by atomic mass is 32.2. The van der Waals surface area contributed by atoms with Crippen LogP contribution in [-0.4, -0.2) is 28.1 Å². The van der Waals surface area contributed by atoms with E-state index in [2.05, 4.69) is 9.46 Å². The number of carbonyl (C=O) groups is 1. The molecule has 9 heteroatoms. The fourth-order valence-electron chi connectivity index (χ4n) is 3.08. The number of alkyl halides is 2. The summed E-state index contributed by atoms with van der Waals surface area (Å²) in [7, 11) is -2.82. The molecular weight excluding hydrogens is 404 g/mol. The van der Waals surface area contributed by atoms with Crippen LogP contribution >= 0.6 is 0 Å². The smallest absolute Gasteiger partial charge is 0.387 e. The van der Waals surface area contributed by atoms with E-state index < -0.39 is 28.6 Å². The molecule has 154 valence electrons. The number of halogens is 2. The number of allylic oxidation sites excluding steroid dienone is 1. The first kappa shape index (κ1) is 20.9. The highest BCUT2D eigenvalue weighted by Gasteiger charge is 2.30. The van der Waals surface area contributed by atoms with Gasteiger partial charge in [-0.3, -0.25) is 0 Å². The van der Waals surface area contributed by atoms with Crippen LogP contribution in [0.5, 0.6) is 5.75 Å². The maximum absolute atomic E-state index is 12.9. The summed E-state index contributed by atoms with van der Waals surface area (Å²) in [6.45, 7) is -2.93. The molecule has 1 unspecified atom stereocenters. The van der Waals surface area contributed by atoms with Crippen LogP contribution in [0.2, 0.25) is 0 Å². The van der Waals surface area contributed by atoms with Gasteiger partial charge in [0.05, 0.1) is 12.0 Å². The van der Waals surface area contributed by atoms with E-state index in [9.17, 15) is 22.0 Å². The Bertz CT molecular complexity index is 1020. The van der Waals surface area contributed by atoms with Crippen molar-refractivity contribution < 1.29 is 31.5 Å². The number of esters is 1. The molecule has 0 heterocycles. The normalized spacial score (nSPS) is 14.7. The van der Waals surface area contributed by atoms with Gasteiger partial charge in [-0.1, -0.05) is 36.4 Å². The summed E-state index contributed by atoms with van der Waals surface area (Å²) < 4.78 is 62.1. The molecule has 0 saturated heterocycles. The zero-order valence-electron chi connectivity index (χ0n) is 15.5. The van der Waals surface area contributed by atoms with Gasteiger partial charge in [-0.25, -0.2) is 13.2 Å². The second-order valence-corrected chi connectivity index (χ2v) is 8.10. The van der Waals surface area contributed by atoms with Crippen LogP contribution in [0.4, 0.5) is 8.78 Å². The highest BCUT2D eigenvalue weighted by molar-refractivity contribution is 7.93. The number of benzene rings is 2. The number of hydrogen-bond donors (Lipinski definition) is 1. The van der Waals surface area contributed by atoms with E-state index in [0.29, 0.717) is 23.1 Å². The van der Waals surface area contributed by atoms with Gasteiger partial charge in [-0.05, 0) is 47.7 Å². The summed E-state index contributed by atoms with van der Waals surface area (Å²) in [5, 5.41) is 0. The lowest BCUT2D eigenvalue weighted by atomic mass is 9.97. The van der Waals surface area contributed by atoms with Crippen LogP contribution in [0.25, 0.3) is 6.08 Å². The van der Waals surface area contributed by atoms with Crippen LogP contribution in [0.3, 0.4) is 0 Å². The number of methoxy groups -OCH3 is 1. The zero-order valence-corrected chi connectivity index (χ0v) is 16.3. The van der Waals surface area contributed by atoms with Crippen LogP contribution in [-0.2, 0) is 26.0 Å². The third-order valence-electron chi connectivity index (χ3n) is 4.48. The minimum atomic E-state index is -4.00. The van der Waals surface area contributed by atoms with E-state index in [0.717, 1.165) is 0 Å². The number of nitrogens with one attached hydrogen (secondary N) is 1. The van der Waals surface area contributed by atoms with E-state index in [1.54, 1.807) is 30.3 Å². The van der Waals surface area contributed by atoms with Crippen molar-refractivity contribution in [1.29, 1.82) is 0 Å². The second kappa shape index (κ2) is 8.71. The first-order chi connectivity index (χ1) is 13.8. The van der Waals surface area contributed by atoms with Crippen LogP contribution in [0.1, 0.15) is 29.2 Å². The van der Waals surface area contributed by atoms with Crippen molar-refractivity contribution in [3.05, 3.63) is 70.1 Å². The minimum absolute atomic E-state index is 0.0198. The molecule has 0 amide bonds. The van der Waals surface area contributed by atoms with Crippen LogP contribution in [0, 0.1) is 0 Å². The maximum atomic E-state index is 12.9. The average Bonchev–Trinajstić information content (AvgIpc) is 2.71. The number of fused-ring (bicyclic) bond motifs is 1. The molecule has 29 heavy (non-hydrogen) atoms. The Morgan fingerprint density at radius 1 is 1.10 bits per heavy atom. The number of rotatable bonds is 7. The summed E-state index contributed by atoms with van der Waals surface area (Å²) >= 11 is 0. The predicted octanol–water partition coefficient (Wildman–Crippen LogP) is 3.41. The van der Waals surface area contributed by atoms with Gasteiger partial charge in [-0.15, -0.1) is 0 Å².